The van der Waals surface area contributed by atoms with Crippen molar-refractivity contribution >= 4 is 0 Å². The number of hydrogen-bond acceptors (Lipinski definition) is 1. The molecule has 0 N–H and O–H groups in total. The molecular formula is C14H27N. The summed E-state index contributed by atoms with van der Waals surface area (Å²) in [6.07, 6.45) is 5.96. The molecule has 0 amide bonds. The maximum absolute atomic E-state index is 2.44. The van der Waals surface area contributed by atoms with E-state index in [1.165, 1.54) is 13.0 Å². The van der Waals surface area contributed by atoms with E-state index in [-0.39, 0.29) is 5.54 Å². The summed E-state index contributed by atoms with van der Waals surface area (Å²) in [7, 11) is 0. The Balaban J connectivity index is 2.83. The van der Waals surface area contributed by atoms with Crippen molar-refractivity contribution < 1.29 is 0 Å². The Hall–Kier alpha value is -0.460. The van der Waals surface area contributed by atoms with Crippen LogP contribution in [0.4, 0.5) is 0 Å². The van der Waals surface area contributed by atoms with Crippen molar-refractivity contribution in [1.29, 1.82) is 0 Å². The van der Waals surface area contributed by atoms with Crippen LogP contribution in [0.15, 0.2) is 12.3 Å². The summed E-state index contributed by atoms with van der Waals surface area (Å²) >= 11 is 0. The van der Waals surface area contributed by atoms with Gasteiger partial charge in [-0.1, -0.05) is 33.8 Å². The Bertz CT molecular complexity index is 251. The quantitative estimate of drug-likeness (QED) is 0.581. The predicted molar refractivity (Wildman–Crippen MR) is 67.8 cm³/mol. The van der Waals surface area contributed by atoms with E-state index in [9.17, 15) is 0 Å². The van der Waals surface area contributed by atoms with Gasteiger partial charge in [0.2, 0.25) is 0 Å². The zero-order valence-corrected chi connectivity index (χ0v) is 11.5. The molecule has 0 radical (unpaired) electrons. The molecule has 1 rings (SSSR count). The molecule has 0 aromatic heterocycles. The van der Waals surface area contributed by atoms with E-state index < -0.39 is 0 Å². The fourth-order valence-corrected chi connectivity index (χ4v) is 1.95. The first-order valence-electron chi connectivity index (χ1n) is 6.02. The van der Waals surface area contributed by atoms with Crippen LogP contribution in [0, 0.1) is 10.8 Å². The Morgan fingerprint density at radius 3 is 1.87 bits per heavy atom. The van der Waals surface area contributed by atoms with Crippen LogP contribution >= 0.6 is 0 Å². The second-order valence-corrected chi connectivity index (χ2v) is 7.10. The third-order valence-corrected chi connectivity index (χ3v) is 4.07. The minimum absolute atomic E-state index is 0.260. The number of rotatable bonds is 0. The maximum atomic E-state index is 2.44. The second-order valence-electron chi connectivity index (χ2n) is 7.10. The molecule has 0 aliphatic carbocycles. The van der Waals surface area contributed by atoms with Gasteiger partial charge < -0.3 is 4.90 Å². The Kier molecular flexibility index (Phi) is 2.97. The Morgan fingerprint density at radius 1 is 1.07 bits per heavy atom. The lowest BCUT2D eigenvalue weighted by atomic mass is 9.65. The zero-order valence-electron chi connectivity index (χ0n) is 11.5. The Labute approximate surface area is 95.5 Å². The van der Waals surface area contributed by atoms with Crippen molar-refractivity contribution in [2.45, 2.75) is 60.4 Å². The molecule has 1 aliphatic heterocycles. The van der Waals surface area contributed by atoms with Gasteiger partial charge in [-0.05, 0) is 44.2 Å². The average Bonchev–Trinajstić information content (AvgIpc) is 2.01. The molecule has 0 fully saturated rings. The molecule has 0 saturated carbocycles. The van der Waals surface area contributed by atoms with Crippen LogP contribution in [0.5, 0.6) is 0 Å². The van der Waals surface area contributed by atoms with Gasteiger partial charge in [-0.3, -0.25) is 0 Å². The summed E-state index contributed by atoms with van der Waals surface area (Å²) in [5.74, 6) is 0. The van der Waals surface area contributed by atoms with Gasteiger partial charge in [0.05, 0.1) is 0 Å². The molecule has 1 heteroatoms. The van der Waals surface area contributed by atoms with Gasteiger partial charge in [-0.25, -0.2) is 0 Å². The molecule has 0 aromatic carbocycles. The number of nitrogens with zero attached hydrogens (tertiary/aromatic N) is 1. The van der Waals surface area contributed by atoms with Gasteiger partial charge in [0.15, 0.2) is 0 Å². The van der Waals surface area contributed by atoms with E-state index in [2.05, 4.69) is 65.6 Å². The summed E-state index contributed by atoms with van der Waals surface area (Å²) < 4.78 is 0. The van der Waals surface area contributed by atoms with Crippen molar-refractivity contribution in [3.63, 3.8) is 0 Å². The minimum Gasteiger partial charge on any atom is -0.373 e. The highest BCUT2D eigenvalue weighted by Crippen LogP contribution is 2.45. The normalized spacial score (nSPS) is 28.3. The molecule has 0 aromatic rings. The number of hydrogen-bond donors (Lipinski definition) is 0. The van der Waals surface area contributed by atoms with E-state index in [1.54, 1.807) is 0 Å². The molecule has 1 aliphatic rings. The fourth-order valence-electron chi connectivity index (χ4n) is 1.95. The summed E-state index contributed by atoms with van der Waals surface area (Å²) in [5, 5.41) is 0. The monoisotopic (exact) mass is 209 g/mol. The topological polar surface area (TPSA) is 3.24 Å². The molecule has 0 spiro atoms. The third-order valence-electron chi connectivity index (χ3n) is 4.07. The largest absolute Gasteiger partial charge is 0.373 e. The van der Waals surface area contributed by atoms with Crippen LogP contribution in [0.1, 0.15) is 54.9 Å². The molecule has 1 nitrogen and oxygen atoms in total. The summed E-state index contributed by atoms with van der Waals surface area (Å²) in [5.41, 5.74) is 0.956. The van der Waals surface area contributed by atoms with E-state index >= 15 is 0 Å². The highest BCUT2D eigenvalue weighted by molar-refractivity contribution is 5.08. The molecule has 15 heavy (non-hydrogen) atoms. The van der Waals surface area contributed by atoms with E-state index in [0.717, 1.165) is 0 Å². The third kappa shape index (κ3) is 2.56. The summed E-state index contributed by atoms with van der Waals surface area (Å²) in [6.45, 7) is 17.4. The van der Waals surface area contributed by atoms with Crippen molar-refractivity contribution in [2.75, 3.05) is 6.54 Å². The SMILES string of the molecule is CC(C)(C)N1C=CC(C)(C(C)(C)C)CC1. The van der Waals surface area contributed by atoms with Crippen molar-refractivity contribution in [1.82, 2.24) is 4.90 Å². The lowest BCUT2D eigenvalue weighted by Gasteiger charge is -2.47. The molecule has 1 heterocycles. The lowest BCUT2D eigenvalue weighted by molar-refractivity contribution is 0.0930. The molecule has 1 atom stereocenters. The molecule has 0 saturated heterocycles. The minimum atomic E-state index is 0.260. The van der Waals surface area contributed by atoms with E-state index in [4.69, 9.17) is 0 Å². The molecule has 88 valence electrons. The lowest BCUT2D eigenvalue weighted by Crippen LogP contribution is -2.45. The van der Waals surface area contributed by atoms with Gasteiger partial charge in [-0.2, -0.15) is 0 Å². The van der Waals surface area contributed by atoms with Crippen LogP contribution in [0.25, 0.3) is 0 Å². The van der Waals surface area contributed by atoms with Crippen LogP contribution < -0.4 is 0 Å². The highest BCUT2D eigenvalue weighted by atomic mass is 15.2. The molecular weight excluding hydrogens is 182 g/mol. The fraction of sp³-hybridized carbons (Fsp3) is 0.857. The van der Waals surface area contributed by atoms with Crippen molar-refractivity contribution in [2.24, 2.45) is 10.8 Å². The van der Waals surface area contributed by atoms with Crippen LogP contribution in [0.3, 0.4) is 0 Å². The predicted octanol–water partition coefficient (Wildman–Crippen LogP) is 4.06. The first-order chi connectivity index (χ1) is 6.56. The van der Waals surface area contributed by atoms with Crippen molar-refractivity contribution in [3.8, 4) is 0 Å². The number of allylic oxidation sites excluding steroid dienone is 1. The van der Waals surface area contributed by atoms with E-state index in [1.807, 2.05) is 0 Å². The molecule has 1 unspecified atom stereocenters. The Morgan fingerprint density at radius 2 is 1.60 bits per heavy atom. The van der Waals surface area contributed by atoms with Gasteiger partial charge in [-0.15, -0.1) is 0 Å². The molecule has 0 bridgehead atoms. The summed E-state index contributed by atoms with van der Waals surface area (Å²) in [4.78, 5) is 2.44. The van der Waals surface area contributed by atoms with Crippen molar-refractivity contribution in [3.05, 3.63) is 12.3 Å². The van der Waals surface area contributed by atoms with Crippen LogP contribution in [-0.2, 0) is 0 Å². The van der Waals surface area contributed by atoms with Gasteiger partial charge >= 0.3 is 0 Å². The van der Waals surface area contributed by atoms with Gasteiger partial charge in [0.25, 0.3) is 0 Å². The van der Waals surface area contributed by atoms with Crippen LogP contribution in [-0.4, -0.2) is 17.0 Å². The standard InChI is InChI=1S/C14H27N/c1-12(2,3)14(7)8-10-15(11-9-14)13(4,5)6/h8,10H,9,11H2,1-7H3. The zero-order chi connectivity index (χ0) is 11.9. The maximum Gasteiger partial charge on any atom is 0.0312 e. The van der Waals surface area contributed by atoms with Gasteiger partial charge in [0.1, 0.15) is 0 Å². The highest BCUT2D eigenvalue weighted by Gasteiger charge is 2.38. The van der Waals surface area contributed by atoms with E-state index in [0.29, 0.717) is 10.8 Å². The van der Waals surface area contributed by atoms with Crippen LogP contribution in [0.2, 0.25) is 0 Å². The first-order valence-corrected chi connectivity index (χ1v) is 6.02. The first kappa shape index (κ1) is 12.6. The summed E-state index contributed by atoms with van der Waals surface area (Å²) in [6, 6.07) is 0. The average molecular weight is 209 g/mol. The van der Waals surface area contributed by atoms with Gasteiger partial charge in [0, 0.05) is 12.1 Å². The second kappa shape index (κ2) is 3.54. The smallest absolute Gasteiger partial charge is 0.0312 e.